The van der Waals surface area contributed by atoms with Gasteiger partial charge < -0.3 is 9.67 Å². The lowest BCUT2D eigenvalue weighted by Gasteiger charge is -2.35. The summed E-state index contributed by atoms with van der Waals surface area (Å²) in [6.07, 6.45) is 8.19. The maximum absolute atomic E-state index is 11.7. The van der Waals surface area contributed by atoms with Crippen LogP contribution in [0, 0.1) is 0 Å². The molecule has 1 aromatic rings. The molecule has 20 heavy (non-hydrogen) atoms. The number of hydrogen-bond acceptors (Lipinski definition) is 3. The average Bonchev–Trinajstić information content (AvgIpc) is 2.45. The fraction of sp³-hybridized carbons (Fsp3) is 0.562. The highest BCUT2D eigenvalue weighted by atomic mass is 16.3. The molecule has 4 nitrogen and oxygen atoms in total. The lowest BCUT2D eigenvalue weighted by molar-refractivity contribution is 0.132. The van der Waals surface area contributed by atoms with Crippen LogP contribution in [0.4, 0.5) is 0 Å². The molecule has 0 bridgehead atoms. The van der Waals surface area contributed by atoms with Gasteiger partial charge in [0.2, 0.25) is 5.43 Å². The monoisotopic (exact) mass is 276 g/mol. The van der Waals surface area contributed by atoms with Crippen LogP contribution in [0.25, 0.3) is 0 Å². The van der Waals surface area contributed by atoms with E-state index in [2.05, 4.69) is 18.4 Å². The molecule has 2 heterocycles. The van der Waals surface area contributed by atoms with Gasteiger partial charge >= 0.3 is 0 Å². The molecule has 0 aliphatic carbocycles. The van der Waals surface area contributed by atoms with Gasteiger partial charge in [0.1, 0.15) is 0 Å². The van der Waals surface area contributed by atoms with Crippen molar-refractivity contribution in [2.45, 2.75) is 51.7 Å². The van der Waals surface area contributed by atoms with Crippen molar-refractivity contribution in [2.24, 2.45) is 0 Å². The summed E-state index contributed by atoms with van der Waals surface area (Å²) in [6, 6.07) is 2.16. The standard InChI is InChI=1S/C16H24N2O2/c1-3-8-17-12-16(20)15(19)10-14(17)11-18-9-6-5-7-13(18)4-2/h3,10,12-13,20H,1,4-9,11H2,2H3. The van der Waals surface area contributed by atoms with E-state index in [4.69, 9.17) is 0 Å². The maximum atomic E-state index is 11.7. The molecule has 1 aromatic heterocycles. The first-order valence-electron chi connectivity index (χ1n) is 7.43. The number of aromatic hydroxyl groups is 1. The van der Waals surface area contributed by atoms with Gasteiger partial charge in [-0.25, -0.2) is 0 Å². The van der Waals surface area contributed by atoms with Crippen molar-refractivity contribution in [1.29, 1.82) is 0 Å². The molecule has 1 atom stereocenters. The van der Waals surface area contributed by atoms with E-state index in [9.17, 15) is 9.90 Å². The fourth-order valence-electron chi connectivity index (χ4n) is 2.99. The third-order valence-electron chi connectivity index (χ3n) is 4.11. The molecule has 1 saturated heterocycles. The van der Waals surface area contributed by atoms with E-state index < -0.39 is 0 Å². The number of hydrogen-bond donors (Lipinski definition) is 1. The quantitative estimate of drug-likeness (QED) is 0.840. The maximum Gasteiger partial charge on any atom is 0.223 e. The Morgan fingerprint density at radius 1 is 1.50 bits per heavy atom. The van der Waals surface area contributed by atoms with E-state index in [1.54, 1.807) is 12.1 Å². The van der Waals surface area contributed by atoms with E-state index in [1.807, 2.05) is 4.57 Å². The van der Waals surface area contributed by atoms with Crippen LogP contribution in [0.15, 0.2) is 29.7 Å². The zero-order valence-electron chi connectivity index (χ0n) is 12.2. The Morgan fingerprint density at radius 3 is 3.00 bits per heavy atom. The number of rotatable bonds is 5. The molecule has 110 valence electrons. The zero-order chi connectivity index (χ0) is 14.5. The molecule has 1 aliphatic rings. The van der Waals surface area contributed by atoms with Crippen LogP contribution in [-0.4, -0.2) is 27.2 Å². The first-order valence-corrected chi connectivity index (χ1v) is 7.43. The normalized spacial score (nSPS) is 19.9. The Morgan fingerprint density at radius 2 is 2.30 bits per heavy atom. The Labute approximate surface area is 120 Å². The molecule has 1 unspecified atom stereocenters. The highest BCUT2D eigenvalue weighted by molar-refractivity contribution is 5.21. The van der Waals surface area contributed by atoms with Crippen LogP contribution in [-0.2, 0) is 13.1 Å². The lowest BCUT2D eigenvalue weighted by Crippen LogP contribution is -2.39. The summed E-state index contributed by atoms with van der Waals surface area (Å²) >= 11 is 0. The van der Waals surface area contributed by atoms with Gasteiger partial charge in [-0.2, -0.15) is 0 Å². The van der Waals surface area contributed by atoms with Crippen molar-refractivity contribution in [3.63, 3.8) is 0 Å². The Hall–Kier alpha value is -1.55. The first-order chi connectivity index (χ1) is 9.65. The van der Waals surface area contributed by atoms with E-state index >= 15 is 0 Å². The summed E-state index contributed by atoms with van der Waals surface area (Å²) in [7, 11) is 0. The summed E-state index contributed by atoms with van der Waals surface area (Å²) in [5.41, 5.74) is 0.651. The summed E-state index contributed by atoms with van der Waals surface area (Å²) in [6.45, 7) is 8.41. The lowest BCUT2D eigenvalue weighted by atomic mass is 10.00. The summed E-state index contributed by atoms with van der Waals surface area (Å²) in [4.78, 5) is 14.1. The van der Waals surface area contributed by atoms with Crippen LogP contribution in [0.1, 0.15) is 38.3 Å². The van der Waals surface area contributed by atoms with Crippen molar-refractivity contribution in [3.8, 4) is 5.75 Å². The largest absolute Gasteiger partial charge is 0.503 e. The summed E-state index contributed by atoms with van der Waals surface area (Å²) < 4.78 is 1.91. The van der Waals surface area contributed by atoms with Gasteiger partial charge in [-0.15, -0.1) is 6.58 Å². The number of nitrogens with zero attached hydrogens (tertiary/aromatic N) is 2. The fourth-order valence-corrected chi connectivity index (χ4v) is 2.99. The predicted molar refractivity (Wildman–Crippen MR) is 80.9 cm³/mol. The van der Waals surface area contributed by atoms with Crippen molar-refractivity contribution in [3.05, 3.63) is 40.8 Å². The minimum Gasteiger partial charge on any atom is -0.503 e. The van der Waals surface area contributed by atoms with Gasteiger partial charge in [0.05, 0.1) is 6.20 Å². The highest BCUT2D eigenvalue weighted by Crippen LogP contribution is 2.21. The predicted octanol–water partition coefficient (Wildman–Crippen LogP) is 2.50. The minimum absolute atomic E-state index is 0.193. The van der Waals surface area contributed by atoms with Crippen molar-refractivity contribution in [1.82, 2.24) is 9.47 Å². The third kappa shape index (κ3) is 3.31. The molecule has 1 N–H and O–H groups in total. The number of allylic oxidation sites excluding steroid dienone is 1. The van der Waals surface area contributed by atoms with Crippen LogP contribution < -0.4 is 5.43 Å². The number of aromatic nitrogens is 1. The second-order valence-electron chi connectivity index (χ2n) is 5.48. The molecule has 1 fully saturated rings. The molecule has 2 rings (SSSR count). The van der Waals surface area contributed by atoms with Crippen molar-refractivity contribution >= 4 is 0 Å². The Kier molecular flexibility index (Phi) is 5.01. The van der Waals surface area contributed by atoms with Gasteiger partial charge in [-0.05, 0) is 25.8 Å². The Balaban J connectivity index is 2.24. The minimum atomic E-state index is -0.301. The van der Waals surface area contributed by atoms with Gasteiger partial charge in [0.25, 0.3) is 0 Å². The molecule has 0 radical (unpaired) electrons. The van der Waals surface area contributed by atoms with Crippen molar-refractivity contribution < 1.29 is 5.11 Å². The van der Waals surface area contributed by atoms with Crippen LogP contribution >= 0.6 is 0 Å². The van der Waals surface area contributed by atoms with E-state index in [0.29, 0.717) is 12.6 Å². The average molecular weight is 276 g/mol. The van der Waals surface area contributed by atoms with E-state index in [1.165, 1.54) is 25.5 Å². The van der Waals surface area contributed by atoms with Crippen LogP contribution in [0.5, 0.6) is 5.75 Å². The molecular weight excluding hydrogens is 252 g/mol. The zero-order valence-corrected chi connectivity index (χ0v) is 12.2. The molecule has 0 amide bonds. The van der Waals surface area contributed by atoms with Crippen molar-refractivity contribution in [2.75, 3.05) is 6.54 Å². The smallest absolute Gasteiger partial charge is 0.223 e. The molecule has 4 heteroatoms. The molecule has 1 aliphatic heterocycles. The molecule has 0 spiro atoms. The molecule has 0 saturated carbocycles. The third-order valence-corrected chi connectivity index (χ3v) is 4.11. The van der Waals surface area contributed by atoms with Gasteiger partial charge in [0, 0.05) is 30.9 Å². The SMILES string of the molecule is C=CCn1cc(O)c(=O)cc1CN1CCCCC1CC. The number of pyridine rings is 1. The number of likely N-dealkylation sites (tertiary alicyclic amines) is 1. The number of piperidine rings is 1. The molecule has 0 aromatic carbocycles. The summed E-state index contributed by atoms with van der Waals surface area (Å²) in [5.74, 6) is -0.193. The van der Waals surface area contributed by atoms with Crippen LogP contribution in [0.3, 0.4) is 0 Å². The Bertz CT molecular complexity index is 522. The summed E-state index contributed by atoms with van der Waals surface area (Å²) in [5, 5.41) is 9.57. The second-order valence-corrected chi connectivity index (χ2v) is 5.48. The highest BCUT2D eigenvalue weighted by Gasteiger charge is 2.21. The van der Waals surface area contributed by atoms with Gasteiger partial charge in [-0.3, -0.25) is 9.69 Å². The second kappa shape index (κ2) is 6.75. The topological polar surface area (TPSA) is 45.5 Å². The van der Waals surface area contributed by atoms with E-state index in [-0.39, 0.29) is 11.2 Å². The van der Waals surface area contributed by atoms with E-state index in [0.717, 1.165) is 25.2 Å². The van der Waals surface area contributed by atoms with Gasteiger partial charge in [0.15, 0.2) is 5.75 Å². The van der Waals surface area contributed by atoms with Gasteiger partial charge in [-0.1, -0.05) is 19.4 Å². The first kappa shape index (κ1) is 14.9. The van der Waals surface area contributed by atoms with Crippen LogP contribution in [0.2, 0.25) is 0 Å². The molecular formula is C16H24N2O2.